The molecule has 0 unspecified atom stereocenters. The van der Waals surface area contributed by atoms with E-state index in [1.165, 1.54) is 0 Å². The maximum atomic E-state index is 13.1. The first kappa shape index (κ1) is 18.6. The van der Waals surface area contributed by atoms with Crippen molar-refractivity contribution in [3.05, 3.63) is 77.4 Å². The molecule has 0 atom stereocenters. The van der Waals surface area contributed by atoms with Gasteiger partial charge in [0.25, 0.3) is 5.91 Å². The molecule has 8 heteroatoms. The zero-order valence-corrected chi connectivity index (χ0v) is 16.9. The lowest BCUT2D eigenvalue weighted by Gasteiger charge is -2.36. The SMILES string of the molecule is O=C(c1cccc(-n2nnc3cccnc32)c1)N1CCN(c2cccc(Cl)c2)CC1. The largest absolute Gasteiger partial charge is 0.368 e. The molecule has 4 aromatic rings. The molecule has 7 nitrogen and oxygen atoms in total. The number of carbonyl (C=O) groups excluding carboxylic acids is 1. The number of aromatic nitrogens is 4. The van der Waals surface area contributed by atoms with Crippen molar-refractivity contribution in [1.29, 1.82) is 0 Å². The Morgan fingerprint density at radius 3 is 2.53 bits per heavy atom. The normalized spacial score (nSPS) is 14.3. The molecule has 0 N–H and O–H groups in total. The minimum Gasteiger partial charge on any atom is -0.368 e. The third kappa shape index (κ3) is 3.48. The molecule has 0 saturated carbocycles. The van der Waals surface area contributed by atoms with E-state index >= 15 is 0 Å². The van der Waals surface area contributed by atoms with Gasteiger partial charge in [-0.15, -0.1) is 5.10 Å². The Morgan fingerprint density at radius 1 is 0.900 bits per heavy atom. The Labute approximate surface area is 178 Å². The van der Waals surface area contributed by atoms with Crippen molar-refractivity contribution in [3.8, 4) is 5.69 Å². The zero-order chi connectivity index (χ0) is 20.5. The first-order chi connectivity index (χ1) is 14.7. The fourth-order valence-corrected chi connectivity index (χ4v) is 3.92. The number of rotatable bonds is 3. The fourth-order valence-electron chi connectivity index (χ4n) is 3.73. The van der Waals surface area contributed by atoms with Gasteiger partial charge in [-0.25, -0.2) is 4.98 Å². The zero-order valence-electron chi connectivity index (χ0n) is 16.1. The molecule has 0 spiro atoms. The summed E-state index contributed by atoms with van der Waals surface area (Å²) < 4.78 is 1.66. The van der Waals surface area contributed by atoms with Crippen LogP contribution in [0.3, 0.4) is 0 Å². The highest BCUT2D eigenvalue weighted by Gasteiger charge is 2.23. The number of benzene rings is 2. The number of amides is 1. The van der Waals surface area contributed by atoms with Crippen LogP contribution in [0, 0.1) is 0 Å². The second-order valence-corrected chi connectivity index (χ2v) is 7.59. The average Bonchev–Trinajstić information content (AvgIpc) is 3.23. The van der Waals surface area contributed by atoms with E-state index < -0.39 is 0 Å². The van der Waals surface area contributed by atoms with Gasteiger partial charge in [0.05, 0.1) is 5.69 Å². The lowest BCUT2D eigenvalue weighted by atomic mass is 10.1. The maximum Gasteiger partial charge on any atom is 0.254 e. The summed E-state index contributed by atoms with van der Waals surface area (Å²) in [4.78, 5) is 21.6. The second-order valence-electron chi connectivity index (χ2n) is 7.16. The smallest absolute Gasteiger partial charge is 0.254 e. The van der Waals surface area contributed by atoms with Crippen LogP contribution in [0.25, 0.3) is 16.9 Å². The molecule has 0 aliphatic carbocycles. The van der Waals surface area contributed by atoms with Crippen molar-refractivity contribution >= 4 is 34.4 Å². The summed E-state index contributed by atoms with van der Waals surface area (Å²) >= 11 is 6.11. The fraction of sp³-hybridized carbons (Fsp3) is 0.182. The van der Waals surface area contributed by atoms with E-state index in [0.717, 1.165) is 29.5 Å². The van der Waals surface area contributed by atoms with E-state index in [1.54, 1.807) is 10.9 Å². The number of hydrogen-bond acceptors (Lipinski definition) is 5. The lowest BCUT2D eigenvalue weighted by molar-refractivity contribution is 0.0746. The van der Waals surface area contributed by atoms with Crippen LogP contribution in [0.15, 0.2) is 66.9 Å². The number of fused-ring (bicyclic) bond motifs is 1. The molecule has 5 rings (SSSR count). The molecule has 150 valence electrons. The van der Waals surface area contributed by atoms with Crippen LogP contribution in [0.4, 0.5) is 5.69 Å². The summed E-state index contributed by atoms with van der Waals surface area (Å²) in [6.07, 6.45) is 1.70. The minimum absolute atomic E-state index is 0.0139. The number of anilines is 1. The molecule has 0 bridgehead atoms. The van der Waals surface area contributed by atoms with Crippen LogP contribution in [-0.4, -0.2) is 57.0 Å². The van der Waals surface area contributed by atoms with Gasteiger partial charge >= 0.3 is 0 Å². The Balaban J connectivity index is 1.33. The van der Waals surface area contributed by atoms with E-state index in [0.29, 0.717) is 29.8 Å². The molecule has 0 radical (unpaired) electrons. The third-order valence-electron chi connectivity index (χ3n) is 5.29. The summed E-state index contributed by atoms with van der Waals surface area (Å²) in [7, 11) is 0. The summed E-state index contributed by atoms with van der Waals surface area (Å²) in [6.45, 7) is 2.85. The van der Waals surface area contributed by atoms with Gasteiger partial charge in [0.15, 0.2) is 5.65 Å². The van der Waals surface area contributed by atoms with Crippen LogP contribution in [0.5, 0.6) is 0 Å². The molecule has 1 saturated heterocycles. The molecule has 2 aromatic carbocycles. The van der Waals surface area contributed by atoms with Crippen molar-refractivity contribution in [1.82, 2.24) is 24.9 Å². The standard InChI is InChI=1S/C22H19ClN6O/c23-17-5-2-6-18(15-17)27-10-12-28(13-11-27)22(30)16-4-1-7-19(14-16)29-21-20(25-26-29)8-3-9-24-21/h1-9,14-15H,10-13H2. The van der Waals surface area contributed by atoms with E-state index in [2.05, 4.69) is 20.2 Å². The minimum atomic E-state index is 0.0139. The quantitative estimate of drug-likeness (QED) is 0.510. The van der Waals surface area contributed by atoms with E-state index in [4.69, 9.17) is 11.6 Å². The Hall–Kier alpha value is -3.45. The number of hydrogen-bond donors (Lipinski definition) is 0. The van der Waals surface area contributed by atoms with E-state index in [-0.39, 0.29) is 5.91 Å². The summed E-state index contributed by atoms with van der Waals surface area (Å²) in [5.41, 5.74) is 3.86. The predicted molar refractivity (Wildman–Crippen MR) is 116 cm³/mol. The molecule has 1 fully saturated rings. The van der Waals surface area contributed by atoms with Crippen LogP contribution in [0.2, 0.25) is 5.02 Å². The molecule has 2 aromatic heterocycles. The average molecular weight is 419 g/mol. The number of halogens is 1. The molecule has 3 heterocycles. The van der Waals surface area contributed by atoms with Gasteiger partial charge in [-0.1, -0.05) is 28.9 Å². The highest BCUT2D eigenvalue weighted by atomic mass is 35.5. The molecule has 1 aliphatic heterocycles. The molecular formula is C22H19ClN6O. The predicted octanol–water partition coefficient (Wildman–Crippen LogP) is 3.43. The van der Waals surface area contributed by atoms with Gasteiger partial charge in [-0.05, 0) is 48.5 Å². The summed E-state index contributed by atoms with van der Waals surface area (Å²) in [5, 5.41) is 9.05. The number of piperazine rings is 1. The van der Waals surface area contributed by atoms with Crippen LogP contribution < -0.4 is 4.90 Å². The molecular weight excluding hydrogens is 400 g/mol. The van der Waals surface area contributed by atoms with E-state index in [9.17, 15) is 4.79 Å². The summed E-state index contributed by atoms with van der Waals surface area (Å²) in [5.74, 6) is 0.0139. The van der Waals surface area contributed by atoms with Crippen molar-refractivity contribution in [2.75, 3.05) is 31.1 Å². The lowest BCUT2D eigenvalue weighted by Crippen LogP contribution is -2.48. The Bertz CT molecular complexity index is 1210. The number of pyridine rings is 1. The van der Waals surface area contributed by atoms with Crippen molar-refractivity contribution in [2.45, 2.75) is 0 Å². The topological polar surface area (TPSA) is 67.2 Å². The van der Waals surface area contributed by atoms with Gasteiger partial charge in [-0.2, -0.15) is 4.68 Å². The first-order valence-corrected chi connectivity index (χ1v) is 10.1. The third-order valence-corrected chi connectivity index (χ3v) is 5.52. The number of nitrogens with zero attached hydrogens (tertiary/aromatic N) is 6. The van der Waals surface area contributed by atoms with Gasteiger partial charge in [0.1, 0.15) is 5.52 Å². The van der Waals surface area contributed by atoms with Crippen LogP contribution in [-0.2, 0) is 0 Å². The maximum absolute atomic E-state index is 13.1. The Morgan fingerprint density at radius 2 is 1.70 bits per heavy atom. The van der Waals surface area contributed by atoms with Crippen molar-refractivity contribution < 1.29 is 4.79 Å². The molecule has 30 heavy (non-hydrogen) atoms. The highest BCUT2D eigenvalue weighted by molar-refractivity contribution is 6.30. The Kier molecular flexibility index (Phi) is 4.80. The molecule has 1 aliphatic rings. The molecule has 1 amide bonds. The van der Waals surface area contributed by atoms with Crippen LogP contribution >= 0.6 is 11.6 Å². The van der Waals surface area contributed by atoms with Crippen molar-refractivity contribution in [3.63, 3.8) is 0 Å². The van der Waals surface area contributed by atoms with Gasteiger partial charge in [0.2, 0.25) is 0 Å². The van der Waals surface area contributed by atoms with Crippen molar-refractivity contribution in [2.24, 2.45) is 0 Å². The monoisotopic (exact) mass is 418 g/mol. The van der Waals surface area contributed by atoms with Gasteiger partial charge in [0, 0.05) is 48.6 Å². The van der Waals surface area contributed by atoms with E-state index in [1.807, 2.05) is 65.6 Å². The highest BCUT2D eigenvalue weighted by Crippen LogP contribution is 2.22. The second kappa shape index (κ2) is 7.76. The number of carbonyl (C=O) groups is 1. The first-order valence-electron chi connectivity index (χ1n) is 9.76. The van der Waals surface area contributed by atoms with Crippen LogP contribution in [0.1, 0.15) is 10.4 Å². The summed E-state index contributed by atoms with van der Waals surface area (Å²) in [6, 6.07) is 18.9. The van der Waals surface area contributed by atoms with Gasteiger partial charge in [-0.3, -0.25) is 4.79 Å². The van der Waals surface area contributed by atoms with Gasteiger partial charge < -0.3 is 9.80 Å².